The van der Waals surface area contributed by atoms with E-state index in [2.05, 4.69) is 10.1 Å². The first kappa shape index (κ1) is 16.4. The maximum Gasteiger partial charge on any atom is 0.336 e. The minimum absolute atomic E-state index is 0.0628. The van der Waals surface area contributed by atoms with Crippen molar-refractivity contribution in [2.24, 2.45) is 0 Å². The van der Waals surface area contributed by atoms with E-state index in [1.54, 1.807) is 24.3 Å². The highest BCUT2D eigenvalue weighted by Crippen LogP contribution is 2.25. The Kier molecular flexibility index (Phi) is 4.25. The minimum atomic E-state index is -4.07. The van der Waals surface area contributed by atoms with Gasteiger partial charge in [0.05, 0.1) is 12.0 Å². The van der Waals surface area contributed by atoms with Crippen LogP contribution in [0.25, 0.3) is 11.4 Å². The normalized spacial score (nSPS) is 11.5. The molecule has 0 spiro atoms. The second-order valence-corrected chi connectivity index (χ2v) is 6.93. The van der Waals surface area contributed by atoms with Gasteiger partial charge >= 0.3 is 6.01 Å². The average Bonchev–Trinajstić information content (AvgIpc) is 3.01. The average molecular weight is 368 g/mol. The highest BCUT2D eigenvalue weighted by atomic mass is 35.5. The van der Waals surface area contributed by atoms with Gasteiger partial charge in [0, 0.05) is 10.6 Å². The SMILES string of the molecule is COc1nc(-c2ccc(Cl)cc2)n(S(=O)(=O)c2ccc(F)cc2)n1. The van der Waals surface area contributed by atoms with E-state index in [0.29, 0.717) is 10.6 Å². The lowest BCUT2D eigenvalue weighted by Gasteiger charge is -2.07. The Bertz CT molecular complexity index is 970. The molecule has 0 aliphatic rings. The monoisotopic (exact) mass is 367 g/mol. The van der Waals surface area contributed by atoms with Crippen LogP contribution in [0.15, 0.2) is 53.4 Å². The number of hydrogen-bond acceptors (Lipinski definition) is 5. The lowest BCUT2D eigenvalue weighted by atomic mass is 10.2. The first-order valence-corrected chi connectivity index (χ1v) is 8.52. The fourth-order valence-electron chi connectivity index (χ4n) is 2.02. The van der Waals surface area contributed by atoms with Crippen LogP contribution in [0.1, 0.15) is 0 Å². The van der Waals surface area contributed by atoms with Crippen molar-refractivity contribution < 1.29 is 17.5 Å². The summed E-state index contributed by atoms with van der Waals surface area (Å²) in [7, 11) is -2.74. The lowest BCUT2D eigenvalue weighted by molar-refractivity contribution is 0.380. The molecule has 1 heterocycles. The third-order valence-electron chi connectivity index (χ3n) is 3.18. The molecule has 0 atom stereocenters. The molecule has 3 rings (SSSR count). The second kappa shape index (κ2) is 6.21. The van der Waals surface area contributed by atoms with Crippen molar-refractivity contribution in [3.63, 3.8) is 0 Å². The maximum atomic E-state index is 13.1. The summed E-state index contributed by atoms with van der Waals surface area (Å²) in [6.45, 7) is 0. The Morgan fingerprint density at radius 1 is 1.08 bits per heavy atom. The van der Waals surface area contributed by atoms with Gasteiger partial charge in [-0.1, -0.05) is 16.7 Å². The summed E-state index contributed by atoms with van der Waals surface area (Å²) in [5.74, 6) is -0.476. The van der Waals surface area contributed by atoms with Crippen molar-refractivity contribution >= 4 is 21.6 Å². The predicted octanol–water partition coefficient (Wildman–Crippen LogP) is 2.98. The van der Waals surface area contributed by atoms with Crippen molar-refractivity contribution in [1.29, 1.82) is 0 Å². The van der Waals surface area contributed by atoms with E-state index < -0.39 is 15.8 Å². The van der Waals surface area contributed by atoms with E-state index in [1.807, 2.05) is 0 Å². The van der Waals surface area contributed by atoms with E-state index >= 15 is 0 Å². The fourth-order valence-corrected chi connectivity index (χ4v) is 3.37. The quantitative estimate of drug-likeness (QED) is 0.708. The van der Waals surface area contributed by atoms with Crippen LogP contribution in [0.3, 0.4) is 0 Å². The molecule has 0 fully saturated rings. The number of halogens is 2. The van der Waals surface area contributed by atoms with E-state index in [9.17, 15) is 12.8 Å². The van der Waals surface area contributed by atoms with Gasteiger partial charge in [0.2, 0.25) is 0 Å². The van der Waals surface area contributed by atoms with Crippen LogP contribution in [-0.2, 0) is 10.0 Å². The standard InChI is InChI=1S/C15H11ClFN3O3S/c1-23-15-18-14(10-2-4-11(16)5-3-10)20(19-15)24(21,22)13-8-6-12(17)7-9-13/h2-9H,1H3. The molecule has 0 bridgehead atoms. The number of rotatable bonds is 4. The first-order chi connectivity index (χ1) is 11.4. The molecule has 0 aliphatic carbocycles. The number of benzene rings is 2. The van der Waals surface area contributed by atoms with Crippen LogP contribution in [0.5, 0.6) is 6.01 Å². The van der Waals surface area contributed by atoms with Gasteiger partial charge < -0.3 is 4.74 Å². The van der Waals surface area contributed by atoms with Crippen molar-refractivity contribution in [3.8, 4) is 17.4 Å². The van der Waals surface area contributed by atoms with Gasteiger partial charge in [-0.25, -0.2) is 4.39 Å². The molecule has 24 heavy (non-hydrogen) atoms. The van der Waals surface area contributed by atoms with Crippen LogP contribution in [0.2, 0.25) is 5.02 Å². The van der Waals surface area contributed by atoms with Gasteiger partial charge in [-0.2, -0.15) is 13.4 Å². The number of ether oxygens (including phenoxy) is 1. The molecule has 3 aromatic rings. The molecular weight excluding hydrogens is 357 g/mol. The summed E-state index contributed by atoms with van der Waals surface area (Å²) in [5, 5.41) is 4.36. The zero-order chi connectivity index (χ0) is 17.3. The van der Waals surface area contributed by atoms with E-state index in [-0.39, 0.29) is 16.7 Å². The highest BCUT2D eigenvalue weighted by molar-refractivity contribution is 7.90. The molecule has 2 aromatic carbocycles. The van der Waals surface area contributed by atoms with Gasteiger partial charge in [-0.15, -0.1) is 4.09 Å². The smallest absolute Gasteiger partial charge is 0.336 e. The summed E-state index contributed by atoms with van der Waals surface area (Å²) in [6, 6.07) is 10.8. The fraction of sp³-hybridized carbons (Fsp3) is 0.0667. The van der Waals surface area contributed by atoms with Crippen LogP contribution < -0.4 is 4.74 Å². The Morgan fingerprint density at radius 3 is 2.29 bits per heavy atom. The minimum Gasteiger partial charge on any atom is -0.466 e. The summed E-state index contributed by atoms with van der Waals surface area (Å²) in [6.07, 6.45) is 0. The molecule has 0 saturated carbocycles. The molecule has 0 aliphatic heterocycles. The van der Waals surface area contributed by atoms with Gasteiger partial charge in [0.15, 0.2) is 5.82 Å². The predicted molar refractivity (Wildman–Crippen MR) is 86.0 cm³/mol. The summed E-state index contributed by atoms with van der Waals surface area (Å²) >= 11 is 5.85. The van der Waals surface area contributed by atoms with Crippen molar-refractivity contribution in [2.45, 2.75) is 4.90 Å². The summed E-state index contributed by atoms with van der Waals surface area (Å²) in [4.78, 5) is 3.95. The molecule has 0 N–H and O–H groups in total. The zero-order valence-corrected chi connectivity index (χ0v) is 13.9. The van der Waals surface area contributed by atoms with Crippen molar-refractivity contribution in [1.82, 2.24) is 14.2 Å². The molecule has 0 radical (unpaired) electrons. The van der Waals surface area contributed by atoms with Gasteiger partial charge in [-0.3, -0.25) is 0 Å². The molecule has 0 saturated heterocycles. The van der Waals surface area contributed by atoms with Crippen LogP contribution >= 0.6 is 11.6 Å². The topological polar surface area (TPSA) is 74.1 Å². The van der Waals surface area contributed by atoms with Crippen LogP contribution in [-0.4, -0.2) is 29.7 Å². The molecule has 0 amide bonds. The summed E-state index contributed by atoms with van der Waals surface area (Å²) in [5.41, 5.74) is 0.487. The molecule has 9 heteroatoms. The van der Waals surface area contributed by atoms with Gasteiger partial charge in [0.1, 0.15) is 5.82 Å². The second-order valence-electron chi connectivity index (χ2n) is 4.73. The van der Waals surface area contributed by atoms with E-state index in [4.69, 9.17) is 16.3 Å². The Hall–Kier alpha value is -2.45. The van der Waals surface area contributed by atoms with Gasteiger partial charge in [0.25, 0.3) is 10.0 Å². The Labute approximate surface area is 142 Å². The van der Waals surface area contributed by atoms with Crippen LogP contribution in [0, 0.1) is 5.82 Å². The third kappa shape index (κ3) is 2.98. The zero-order valence-electron chi connectivity index (χ0n) is 12.3. The molecule has 0 unspecified atom stereocenters. The molecule has 124 valence electrons. The van der Waals surface area contributed by atoms with Crippen molar-refractivity contribution in [2.75, 3.05) is 7.11 Å². The first-order valence-electron chi connectivity index (χ1n) is 6.70. The number of aromatic nitrogens is 3. The summed E-state index contributed by atoms with van der Waals surface area (Å²) < 4.78 is 44.3. The largest absolute Gasteiger partial charge is 0.466 e. The van der Waals surface area contributed by atoms with Crippen LogP contribution in [0.4, 0.5) is 4.39 Å². The van der Waals surface area contributed by atoms with E-state index in [1.165, 1.54) is 7.11 Å². The van der Waals surface area contributed by atoms with Gasteiger partial charge in [-0.05, 0) is 48.5 Å². The number of nitrogens with zero attached hydrogens (tertiary/aromatic N) is 3. The highest BCUT2D eigenvalue weighted by Gasteiger charge is 2.25. The maximum absolute atomic E-state index is 13.1. The number of methoxy groups -OCH3 is 1. The Balaban J connectivity index is 2.18. The third-order valence-corrected chi connectivity index (χ3v) is 5.01. The number of hydrogen-bond donors (Lipinski definition) is 0. The lowest BCUT2D eigenvalue weighted by Crippen LogP contribution is -2.16. The molecule has 1 aromatic heterocycles. The Morgan fingerprint density at radius 2 is 1.71 bits per heavy atom. The van der Waals surface area contributed by atoms with Crippen molar-refractivity contribution in [3.05, 3.63) is 59.4 Å². The molecule has 6 nitrogen and oxygen atoms in total. The van der Waals surface area contributed by atoms with E-state index in [0.717, 1.165) is 28.4 Å². The molecular formula is C15H11ClFN3O3S.